The van der Waals surface area contributed by atoms with Gasteiger partial charge in [-0.3, -0.25) is 4.68 Å². The van der Waals surface area contributed by atoms with Crippen molar-refractivity contribution in [2.24, 2.45) is 14.1 Å². The zero-order valence-electron chi connectivity index (χ0n) is 13.5. The van der Waals surface area contributed by atoms with Crippen LogP contribution >= 0.6 is 0 Å². The summed E-state index contributed by atoms with van der Waals surface area (Å²) in [7, 11) is -0.0556. The van der Waals surface area contributed by atoms with E-state index in [-0.39, 0.29) is 10.9 Å². The zero-order valence-corrected chi connectivity index (χ0v) is 14.3. The van der Waals surface area contributed by atoms with Crippen LogP contribution in [0.25, 0.3) is 0 Å². The molecule has 0 fully saturated rings. The first-order valence-corrected chi connectivity index (χ1v) is 8.94. The van der Waals surface area contributed by atoms with Crippen molar-refractivity contribution in [2.45, 2.75) is 24.4 Å². The number of ether oxygens (including phenoxy) is 1. The molecule has 0 saturated heterocycles. The van der Waals surface area contributed by atoms with E-state index < -0.39 is 10.0 Å². The summed E-state index contributed by atoms with van der Waals surface area (Å²) < 4.78 is 36.0. The van der Waals surface area contributed by atoms with Gasteiger partial charge in [-0.2, -0.15) is 9.40 Å². The average Bonchev–Trinajstić information content (AvgIpc) is 3.12. The van der Waals surface area contributed by atoms with Gasteiger partial charge in [-0.15, -0.1) is 0 Å². The lowest BCUT2D eigenvalue weighted by Crippen LogP contribution is -2.40. The maximum absolute atomic E-state index is 12.8. The fraction of sp³-hybridized carbons (Fsp3) is 0.571. The monoisotopic (exact) mass is 339 g/mol. The van der Waals surface area contributed by atoms with Gasteiger partial charge in [-0.25, -0.2) is 13.4 Å². The van der Waals surface area contributed by atoms with Crippen LogP contribution in [0.1, 0.15) is 24.1 Å². The second-order valence-electron chi connectivity index (χ2n) is 5.70. The van der Waals surface area contributed by atoms with E-state index in [1.165, 1.54) is 16.8 Å². The highest BCUT2D eigenvalue weighted by atomic mass is 32.2. The predicted octanol–water partition coefficient (Wildman–Crippen LogP) is 0.478. The molecule has 23 heavy (non-hydrogen) atoms. The second kappa shape index (κ2) is 6.06. The first-order chi connectivity index (χ1) is 10.9. The van der Waals surface area contributed by atoms with Crippen LogP contribution < -0.4 is 0 Å². The van der Waals surface area contributed by atoms with Gasteiger partial charge in [0.1, 0.15) is 0 Å². The van der Waals surface area contributed by atoms with Crippen molar-refractivity contribution in [2.75, 3.05) is 19.8 Å². The third-order valence-electron chi connectivity index (χ3n) is 4.09. The van der Waals surface area contributed by atoms with Crippen molar-refractivity contribution >= 4 is 10.0 Å². The molecule has 0 bridgehead atoms. The molecule has 0 spiro atoms. The average molecular weight is 339 g/mol. The summed E-state index contributed by atoms with van der Waals surface area (Å²) in [6, 6.07) is 0. The number of hydrogen-bond donors (Lipinski definition) is 0. The minimum Gasteiger partial charge on any atom is -0.381 e. The van der Waals surface area contributed by atoms with Crippen molar-refractivity contribution in [3.8, 4) is 0 Å². The molecule has 1 aliphatic rings. The van der Waals surface area contributed by atoms with E-state index in [4.69, 9.17) is 4.74 Å². The SMILES string of the molecule is CCOCC1CN(S(=O)(=O)c2cn(C)cn2)Cc2c1cnn2C. The van der Waals surface area contributed by atoms with Crippen LogP contribution in [0.4, 0.5) is 0 Å². The van der Waals surface area contributed by atoms with E-state index in [0.717, 1.165) is 11.3 Å². The van der Waals surface area contributed by atoms with Gasteiger partial charge in [0.05, 0.1) is 31.4 Å². The predicted molar refractivity (Wildman–Crippen MR) is 83.2 cm³/mol. The molecule has 0 saturated carbocycles. The third-order valence-corrected chi connectivity index (χ3v) is 5.79. The molecule has 1 unspecified atom stereocenters. The Balaban J connectivity index is 1.94. The maximum Gasteiger partial charge on any atom is 0.262 e. The van der Waals surface area contributed by atoms with Crippen molar-refractivity contribution < 1.29 is 13.2 Å². The van der Waals surface area contributed by atoms with Gasteiger partial charge in [0.25, 0.3) is 10.0 Å². The van der Waals surface area contributed by atoms with Crippen LogP contribution in [0.2, 0.25) is 0 Å². The number of nitrogens with zero attached hydrogens (tertiary/aromatic N) is 5. The quantitative estimate of drug-likeness (QED) is 0.791. The molecule has 1 atom stereocenters. The normalized spacial score (nSPS) is 19.0. The highest BCUT2D eigenvalue weighted by Gasteiger charge is 2.36. The van der Waals surface area contributed by atoms with Crippen LogP contribution in [0.3, 0.4) is 0 Å². The van der Waals surface area contributed by atoms with E-state index >= 15 is 0 Å². The second-order valence-corrected chi connectivity index (χ2v) is 7.59. The Labute approximate surface area is 135 Å². The molecule has 0 aromatic carbocycles. The topological polar surface area (TPSA) is 82.2 Å². The Morgan fingerprint density at radius 3 is 2.83 bits per heavy atom. The minimum absolute atomic E-state index is 0.0223. The molecule has 8 nitrogen and oxygen atoms in total. The maximum atomic E-state index is 12.8. The van der Waals surface area contributed by atoms with Gasteiger partial charge in [0, 0.05) is 44.9 Å². The molecule has 2 aromatic heterocycles. The molecule has 0 aliphatic carbocycles. The Bertz CT molecular complexity index is 795. The van der Waals surface area contributed by atoms with Gasteiger partial charge in [0.2, 0.25) is 0 Å². The molecule has 2 aromatic rings. The smallest absolute Gasteiger partial charge is 0.262 e. The van der Waals surface area contributed by atoms with Gasteiger partial charge < -0.3 is 9.30 Å². The molecular formula is C14H21N5O3S. The Morgan fingerprint density at radius 2 is 2.17 bits per heavy atom. The van der Waals surface area contributed by atoms with E-state index in [0.29, 0.717) is 26.3 Å². The molecule has 0 radical (unpaired) electrons. The summed E-state index contributed by atoms with van der Waals surface area (Å²) in [6.07, 6.45) is 4.82. The molecule has 0 amide bonds. The standard InChI is InChI=1S/C14H21N5O3S/c1-4-22-9-11-6-19(7-13-12(11)5-16-18(13)3)23(20,21)14-8-17(2)10-15-14/h5,8,10-11H,4,6-7,9H2,1-3H3. The Hall–Kier alpha value is -1.71. The number of sulfonamides is 1. The van der Waals surface area contributed by atoms with Crippen molar-refractivity contribution in [1.29, 1.82) is 0 Å². The zero-order chi connectivity index (χ0) is 16.6. The third kappa shape index (κ3) is 2.91. The van der Waals surface area contributed by atoms with Gasteiger partial charge in [0.15, 0.2) is 5.03 Å². The molecular weight excluding hydrogens is 318 g/mol. The summed E-state index contributed by atoms with van der Waals surface area (Å²) >= 11 is 0. The van der Waals surface area contributed by atoms with E-state index in [1.807, 2.05) is 20.2 Å². The summed E-state index contributed by atoms with van der Waals surface area (Å²) in [5.41, 5.74) is 1.97. The van der Waals surface area contributed by atoms with Crippen LogP contribution in [-0.2, 0) is 35.4 Å². The summed E-state index contributed by atoms with van der Waals surface area (Å²) in [5.74, 6) is -0.0223. The van der Waals surface area contributed by atoms with Crippen molar-refractivity contribution in [1.82, 2.24) is 23.6 Å². The number of rotatable bonds is 5. The van der Waals surface area contributed by atoms with E-state index in [2.05, 4.69) is 10.1 Å². The van der Waals surface area contributed by atoms with Gasteiger partial charge >= 0.3 is 0 Å². The molecule has 3 rings (SSSR count). The minimum atomic E-state index is -3.63. The lowest BCUT2D eigenvalue weighted by molar-refractivity contribution is 0.121. The van der Waals surface area contributed by atoms with E-state index in [9.17, 15) is 8.42 Å². The highest BCUT2D eigenvalue weighted by molar-refractivity contribution is 7.89. The first-order valence-electron chi connectivity index (χ1n) is 7.50. The first kappa shape index (κ1) is 16.2. The van der Waals surface area contributed by atoms with Crippen molar-refractivity contribution in [3.63, 3.8) is 0 Å². The largest absolute Gasteiger partial charge is 0.381 e. The lowest BCUT2D eigenvalue weighted by atomic mass is 9.97. The molecule has 9 heteroatoms. The molecule has 0 N–H and O–H groups in total. The summed E-state index contributed by atoms with van der Waals surface area (Å²) in [4.78, 5) is 4.00. The number of fused-ring (bicyclic) bond motifs is 1. The summed E-state index contributed by atoms with van der Waals surface area (Å²) in [5, 5.41) is 4.34. The fourth-order valence-corrected chi connectivity index (χ4v) is 4.24. The fourth-order valence-electron chi connectivity index (χ4n) is 2.83. The Morgan fingerprint density at radius 1 is 1.39 bits per heavy atom. The highest BCUT2D eigenvalue weighted by Crippen LogP contribution is 2.31. The van der Waals surface area contributed by atoms with Crippen LogP contribution in [0, 0.1) is 0 Å². The Kier molecular flexibility index (Phi) is 4.26. The van der Waals surface area contributed by atoms with E-state index in [1.54, 1.807) is 16.3 Å². The molecule has 3 heterocycles. The van der Waals surface area contributed by atoms with Crippen LogP contribution in [0.5, 0.6) is 0 Å². The molecule has 126 valence electrons. The van der Waals surface area contributed by atoms with Gasteiger partial charge in [-0.1, -0.05) is 0 Å². The van der Waals surface area contributed by atoms with Crippen molar-refractivity contribution in [3.05, 3.63) is 30.0 Å². The number of imidazole rings is 1. The van der Waals surface area contributed by atoms with Crippen LogP contribution in [0.15, 0.2) is 23.7 Å². The van der Waals surface area contributed by atoms with Crippen LogP contribution in [-0.4, -0.2) is 51.8 Å². The van der Waals surface area contributed by atoms with Gasteiger partial charge in [-0.05, 0) is 6.92 Å². The lowest BCUT2D eigenvalue weighted by Gasteiger charge is -2.31. The number of hydrogen-bond acceptors (Lipinski definition) is 5. The molecule has 1 aliphatic heterocycles. The number of aryl methyl sites for hydroxylation is 2. The summed E-state index contributed by atoms with van der Waals surface area (Å²) in [6.45, 7) is 3.67. The number of aromatic nitrogens is 4.